The third-order valence-corrected chi connectivity index (χ3v) is 26.3. The summed E-state index contributed by atoms with van der Waals surface area (Å²) in [4.78, 5) is 0. The Balaban J connectivity index is 0.976. The molecule has 0 saturated carbocycles. The first-order chi connectivity index (χ1) is 41.7. The van der Waals surface area contributed by atoms with Gasteiger partial charge in [0, 0.05) is 50.5 Å². The van der Waals surface area contributed by atoms with Crippen LogP contribution in [0.2, 0.25) is 0 Å². The van der Waals surface area contributed by atoms with Crippen LogP contribution in [0.25, 0.3) is 55.3 Å². The molecule has 0 fully saturated rings. The van der Waals surface area contributed by atoms with Gasteiger partial charge in [0.05, 0.1) is 22.2 Å². The lowest BCUT2D eigenvalue weighted by Gasteiger charge is -2.45. The van der Waals surface area contributed by atoms with E-state index in [2.05, 4.69) is 214 Å². The fourth-order valence-electron chi connectivity index (χ4n) is 18.3. The molecule has 0 N–H and O–H groups in total. The summed E-state index contributed by atoms with van der Waals surface area (Å²) in [5.74, 6) is 2.17. The Kier molecular flexibility index (Phi) is 10.4. The van der Waals surface area contributed by atoms with Crippen molar-refractivity contribution >= 4 is 90.2 Å². The van der Waals surface area contributed by atoms with Crippen LogP contribution < -0.4 is 41.9 Å². The van der Waals surface area contributed by atoms with Crippen LogP contribution in [0.1, 0.15) is 114 Å². The first-order valence-electron chi connectivity index (χ1n) is 31.7. The predicted octanol–water partition coefficient (Wildman–Crippen LogP) is 13.6. The molecule has 404 valence electrons. The quantitative estimate of drug-likeness (QED) is 0.152. The maximum Gasteiger partial charge on any atom is 0.250 e. The zero-order valence-corrected chi connectivity index (χ0v) is 48.6. The van der Waals surface area contributed by atoms with Crippen molar-refractivity contribution in [2.45, 2.75) is 102 Å². The second-order valence-electron chi connectivity index (χ2n) is 25.5. The molecule has 1 atom stereocenters. The van der Waals surface area contributed by atoms with Crippen LogP contribution in [0.5, 0.6) is 11.5 Å². The molecule has 6 heteroatoms. The van der Waals surface area contributed by atoms with E-state index in [1.807, 2.05) is 0 Å². The number of para-hydroxylation sites is 3. The van der Waals surface area contributed by atoms with E-state index in [9.17, 15) is 0 Å². The summed E-state index contributed by atoms with van der Waals surface area (Å²) >= 11 is 0. The Bertz CT molecular complexity index is 4780. The summed E-state index contributed by atoms with van der Waals surface area (Å²) in [5, 5.41) is 9.97. The Morgan fingerprint density at radius 1 is 0.417 bits per heavy atom. The highest BCUT2D eigenvalue weighted by molar-refractivity contribution is 7.26. The van der Waals surface area contributed by atoms with Crippen LogP contribution in [-0.4, -0.2) is 28.5 Å². The molecule has 0 spiro atoms. The summed E-state index contributed by atoms with van der Waals surface area (Å²) in [6.07, 6.45) is 17.4. The molecule has 84 heavy (non-hydrogen) atoms. The number of benzene rings is 9. The zero-order chi connectivity index (χ0) is 54.8. The van der Waals surface area contributed by atoms with E-state index in [0.717, 1.165) is 75.0 Å². The van der Waals surface area contributed by atoms with Gasteiger partial charge in [0.15, 0.2) is 8.07 Å². The van der Waals surface area contributed by atoms with E-state index < -0.39 is 8.07 Å². The van der Waals surface area contributed by atoms with E-state index in [0.29, 0.717) is 0 Å². The Morgan fingerprint density at radius 2 is 0.976 bits per heavy atom. The predicted molar refractivity (Wildman–Crippen MR) is 351 cm³/mol. The van der Waals surface area contributed by atoms with Crippen molar-refractivity contribution in [2.24, 2.45) is 0 Å². The van der Waals surface area contributed by atoms with Crippen LogP contribution in [0.15, 0.2) is 206 Å². The van der Waals surface area contributed by atoms with Crippen molar-refractivity contribution < 1.29 is 4.74 Å². The SMILES string of the molecule is c1ccc([Si]2(c3ccccc3)c3cc(-n4c5c(c6ccccc64)CCCC5)ccc3B3c4cc(-n5c6c(c7ccccc75)CCC6)cc(-n5c6c(c7ccccc75)CCC6)c4Oc4cc(C5C6=C(CCCCC6)c6ccccc65)cc2c43)cc1. The molecule has 0 bridgehead atoms. The highest BCUT2D eigenvalue weighted by Crippen LogP contribution is 2.52. The minimum absolute atomic E-state index is 0.118. The third-order valence-electron chi connectivity index (χ3n) is 21.5. The van der Waals surface area contributed by atoms with Crippen LogP contribution >= 0.6 is 0 Å². The standard InChI is InChI=1S/C78H64BN3OSi/c1-4-22-52(23-5-1)84(53-24-6-2-7-25-53)74-48-50(80-66-36-16-12-28-56(66)57-29-13-17-37-67(57)80)42-43-64(74)79-65-46-51(81-68-38-18-14-30-58(68)60-34-20-40-69(60)81)47-72(82-70-39-19-15-31-59(70)61-35-21-41-71(61)82)78(65)83-73-44-49(45-75(84)77(73)79)76-62-32-9-3-8-26-54(62)55-27-10-11-33-63(55)76/h1-2,4-7,10-12,14-16,18-19,22-25,27-28,30-31,33,36,38-39,42-48,76H,3,8-9,13,17,20-21,26,29,32,34-35,37,40-41H2. The second kappa shape index (κ2) is 18.2. The van der Waals surface area contributed by atoms with Crippen molar-refractivity contribution in [1.82, 2.24) is 13.7 Å². The molecule has 0 amide bonds. The van der Waals surface area contributed by atoms with Crippen molar-refractivity contribution in [3.8, 4) is 28.6 Å². The minimum atomic E-state index is -3.28. The van der Waals surface area contributed by atoms with E-state index >= 15 is 0 Å². The summed E-state index contributed by atoms with van der Waals surface area (Å²) in [6, 6.07) is 79.2. The molecule has 5 heterocycles. The van der Waals surface area contributed by atoms with Gasteiger partial charge in [-0.2, -0.15) is 0 Å². The normalized spacial score (nSPS) is 17.8. The van der Waals surface area contributed by atoms with Gasteiger partial charge in [-0.25, -0.2) is 0 Å². The number of hydrogen-bond acceptors (Lipinski definition) is 1. The van der Waals surface area contributed by atoms with Gasteiger partial charge in [-0.1, -0.05) is 169 Å². The van der Waals surface area contributed by atoms with Crippen LogP contribution in [0.3, 0.4) is 0 Å². The lowest BCUT2D eigenvalue weighted by Crippen LogP contribution is -2.87. The van der Waals surface area contributed by atoms with Gasteiger partial charge in [-0.15, -0.1) is 0 Å². The minimum Gasteiger partial charge on any atom is -0.456 e. The largest absolute Gasteiger partial charge is 0.456 e. The molecular formula is C78H64BN3OSi. The van der Waals surface area contributed by atoms with Crippen LogP contribution in [0.4, 0.5) is 0 Å². The molecule has 9 aromatic carbocycles. The number of nitrogens with zero attached hydrogens (tertiary/aromatic N) is 3. The lowest BCUT2D eigenvalue weighted by molar-refractivity contribution is 0.484. The summed E-state index contributed by atoms with van der Waals surface area (Å²) in [5.41, 5.74) is 28.1. The Labute approximate surface area is 492 Å². The summed E-state index contributed by atoms with van der Waals surface area (Å²) in [6.45, 7) is -0.118. The van der Waals surface area contributed by atoms with Crippen molar-refractivity contribution in [3.05, 3.63) is 256 Å². The Morgan fingerprint density at radius 3 is 1.68 bits per heavy atom. The molecule has 0 saturated heterocycles. The Hall–Kier alpha value is -8.58. The van der Waals surface area contributed by atoms with Crippen molar-refractivity contribution in [3.63, 3.8) is 0 Å². The molecule has 19 rings (SSSR count). The number of hydrogen-bond donors (Lipinski definition) is 0. The first-order valence-corrected chi connectivity index (χ1v) is 33.7. The highest BCUT2D eigenvalue weighted by Gasteiger charge is 2.54. The van der Waals surface area contributed by atoms with Gasteiger partial charge in [0.25, 0.3) is 6.71 Å². The van der Waals surface area contributed by atoms with Gasteiger partial charge in [-0.3, -0.25) is 0 Å². The molecule has 0 radical (unpaired) electrons. The van der Waals surface area contributed by atoms with E-state index in [1.54, 1.807) is 16.7 Å². The first kappa shape index (κ1) is 47.9. The maximum atomic E-state index is 8.23. The molecular weight excluding hydrogens is 1030 g/mol. The van der Waals surface area contributed by atoms with Crippen LogP contribution in [-0.2, 0) is 38.5 Å². The highest BCUT2D eigenvalue weighted by atomic mass is 28.3. The zero-order valence-electron chi connectivity index (χ0n) is 47.6. The maximum absolute atomic E-state index is 8.23. The van der Waals surface area contributed by atoms with Crippen molar-refractivity contribution in [1.29, 1.82) is 0 Å². The average Bonchev–Trinajstić information content (AvgIpc) is 0.923. The van der Waals surface area contributed by atoms with E-state index in [4.69, 9.17) is 4.74 Å². The van der Waals surface area contributed by atoms with Crippen LogP contribution in [0, 0.1) is 0 Å². The molecule has 2 aliphatic heterocycles. The number of aryl methyl sites for hydroxylation is 3. The van der Waals surface area contributed by atoms with Crippen molar-refractivity contribution in [2.75, 3.05) is 0 Å². The van der Waals surface area contributed by atoms with Gasteiger partial charge in [0.2, 0.25) is 0 Å². The summed E-state index contributed by atoms with van der Waals surface area (Å²) < 4.78 is 16.3. The number of rotatable bonds is 6. The smallest absolute Gasteiger partial charge is 0.250 e. The molecule has 1 unspecified atom stereocenters. The molecule has 3 aromatic heterocycles. The lowest BCUT2D eigenvalue weighted by atomic mass is 9.35. The average molecular weight is 1100 g/mol. The topological polar surface area (TPSA) is 24.0 Å². The van der Waals surface area contributed by atoms with Gasteiger partial charge >= 0.3 is 0 Å². The third kappa shape index (κ3) is 6.50. The van der Waals surface area contributed by atoms with Gasteiger partial charge in [-0.05, 0) is 209 Å². The van der Waals surface area contributed by atoms with Gasteiger partial charge < -0.3 is 18.4 Å². The molecule has 4 nitrogen and oxygen atoms in total. The van der Waals surface area contributed by atoms with Gasteiger partial charge in [0.1, 0.15) is 11.5 Å². The number of allylic oxidation sites excluding steroid dienone is 2. The number of aromatic nitrogens is 3. The molecule has 12 aromatic rings. The number of ether oxygens (including phenoxy) is 1. The van der Waals surface area contributed by atoms with E-state index in [-0.39, 0.29) is 12.6 Å². The fourth-order valence-corrected chi connectivity index (χ4v) is 23.6. The fraction of sp³-hybridized carbons (Fsp3) is 0.205. The molecule has 5 aliphatic carbocycles. The summed E-state index contributed by atoms with van der Waals surface area (Å²) in [7, 11) is -3.28. The monoisotopic (exact) mass is 1100 g/mol. The van der Waals surface area contributed by atoms with E-state index in [1.165, 1.54) is 165 Å². The molecule has 7 aliphatic rings. The second-order valence-corrected chi connectivity index (χ2v) is 29.2. The number of fused-ring (bicyclic) bond motifs is 15.